The molecule has 1 atom stereocenters. The summed E-state index contributed by atoms with van der Waals surface area (Å²) in [6.07, 6.45) is 4.52. The second kappa shape index (κ2) is 8.15. The zero-order valence-electron chi connectivity index (χ0n) is 18.6. The SMILES string of the molecule is Cc1cc(C)n2nc(C(=O)N3CCC4(CC3)CC(O)CN(C3CCOCC3)C4)cc2n1. The number of hydrogen-bond acceptors (Lipinski definition) is 6. The van der Waals surface area contributed by atoms with E-state index >= 15 is 0 Å². The molecule has 5 heterocycles. The van der Waals surface area contributed by atoms with E-state index in [0.717, 1.165) is 75.4 Å². The number of aliphatic hydroxyl groups is 1. The van der Waals surface area contributed by atoms with E-state index in [-0.39, 0.29) is 17.4 Å². The molecular formula is C23H33N5O3. The number of fused-ring (bicyclic) bond motifs is 1. The van der Waals surface area contributed by atoms with Gasteiger partial charge in [0.05, 0.1) is 6.10 Å². The molecule has 3 aliphatic rings. The molecule has 2 aromatic rings. The molecule has 8 heteroatoms. The molecule has 5 rings (SSSR count). The van der Waals surface area contributed by atoms with Crippen molar-refractivity contribution < 1.29 is 14.6 Å². The van der Waals surface area contributed by atoms with E-state index in [2.05, 4.69) is 15.0 Å². The van der Waals surface area contributed by atoms with Crippen LogP contribution in [0.4, 0.5) is 0 Å². The Balaban J connectivity index is 1.27. The molecule has 3 fully saturated rings. The number of carbonyl (C=O) groups is 1. The maximum Gasteiger partial charge on any atom is 0.274 e. The number of hydrogen-bond donors (Lipinski definition) is 1. The van der Waals surface area contributed by atoms with Gasteiger partial charge in [0, 0.05) is 62.9 Å². The molecule has 3 saturated heterocycles. The molecule has 1 spiro atoms. The van der Waals surface area contributed by atoms with Crippen LogP contribution in [0.1, 0.15) is 54.0 Å². The summed E-state index contributed by atoms with van der Waals surface area (Å²) in [6.45, 7) is 8.79. The molecule has 0 saturated carbocycles. The minimum absolute atomic E-state index is 0.0185. The first-order valence-corrected chi connectivity index (χ1v) is 11.6. The largest absolute Gasteiger partial charge is 0.392 e. The summed E-state index contributed by atoms with van der Waals surface area (Å²) < 4.78 is 7.27. The van der Waals surface area contributed by atoms with Crippen molar-refractivity contribution in [1.29, 1.82) is 0 Å². The number of aliphatic hydroxyl groups excluding tert-OH is 1. The summed E-state index contributed by atoms with van der Waals surface area (Å²) in [6, 6.07) is 4.28. The highest BCUT2D eigenvalue weighted by molar-refractivity contribution is 5.93. The van der Waals surface area contributed by atoms with E-state index in [9.17, 15) is 9.90 Å². The Hall–Kier alpha value is -2.03. The first-order valence-electron chi connectivity index (χ1n) is 11.6. The van der Waals surface area contributed by atoms with Crippen LogP contribution < -0.4 is 0 Å². The molecule has 0 aromatic carbocycles. The highest BCUT2D eigenvalue weighted by Crippen LogP contribution is 2.41. The molecule has 168 valence electrons. The second-order valence-electron chi connectivity index (χ2n) is 9.76. The van der Waals surface area contributed by atoms with Crippen LogP contribution in [0.3, 0.4) is 0 Å². The van der Waals surface area contributed by atoms with Gasteiger partial charge in [0.1, 0.15) is 0 Å². The standard InChI is InChI=1S/C23H33N5O3/c1-16-11-17(2)28-21(24-16)12-20(25-28)22(30)26-7-5-23(6-8-26)13-19(29)14-27(15-23)18-3-9-31-10-4-18/h11-12,18-19,29H,3-10,13-15H2,1-2H3. The van der Waals surface area contributed by atoms with Gasteiger partial charge in [-0.1, -0.05) is 0 Å². The molecule has 2 aromatic heterocycles. The lowest BCUT2D eigenvalue weighted by Crippen LogP contribution is -2.57. The third kappa shape index (κ3) is 4.08. The third-order valence-electron chi connectivity index (χ3n) is 7.42. The number of amides is 1. The van der Waals surface area contributed by atoms with E-state index < -0.39 is 0 Å². The maximum absolute atomic E-state index is 13.2. The minimum Gasteiger partial charge on any atom is -0.392 e. The summed E-state index contributed by atoms with van der Waals surface area (Å²) in [5.41, 5.74) is 3.18. The predicted octanol–water partition coefficient (Wildman–Crippen LogP) is 1.81. The third-order valence-corrected chi connectivity index (χ3v) is 7.42. The smallest absolute Gasteiger partial charge is 0.274 e. The molecule has 31 heavy (non-hydrogen) atoms. The molecule has 1 N–H and O–H groups in total. The van der Waals surface area contributed by atoms with E-state index in [1.807, 2.05) is 24.8 Å². The van der Waals surface area contributed by atoms with Crippen molar-refractivity contribution in [2.24, 2.45) is 5.41 Å². The number of ether oxygens (including phenoxy) is 1. The number of carbonyl (C=O) groups excluding carboxylic acids is 1. The first-order chi connectivity index (χ1) is 14.9. The highest BCUT2D eigenvalue weighted by Gasteiger charge is 2.44. The van der Waals surface area contributed by atoms with E-state index in [1.54, 1.807) is 10.6 Å². The minimum atomic E-state index is -0.283. The number of likely N-dealkylation sites (tertiary alicyclic amines) is 2. The van der Waals surface area contributed by atoms with Crippen LogP contribution in [-0.2, 0) is 4.74 Å². The van der Waals surface area contributed by atoms with Crippen LogP contribution >= 0.6 is 0 Å². The van der Waals surface area contributed by atoms with Gasteiger partial charge >= 0.3 is 0 Å². The normalized spacial score (nSPS) is 25.4. The zero-order chi connectivity index (χ0) is 21.6. The Kier molecular flexibility index (Phi) is 5.48. The van der Waals surface area contributed by atoms with Crippen LogP contribution in [0.15, 0.2) is 12.1 Å². The Morgan fingerprint density at radius 2 is 1.94 bits per heavy atom. The van der Waals surface area contributed by atoms with Gasteiger partial charge in [0.15, 0.2) is 11.3 Å². The molecule has 3 aliphatic heterocycles. The summed E-state index contributed by atoms with van der Waals surface area (Å²) in [4.78, 5) is 22.1. The van der Waals surface area contributed by atoms with E-state index in [1.165, 1.54) is 0 Å². The van der Waals surface area contributed by atoms with E-state index in [4.69, 9.17) is 4.74 Å². The Morgan fingerprint density at radius 1 is 1.19 bits per heavy atom. The molecular weight excluding hydrogens is 394 g/mol. The van der Waals surface area contributed by atoms with Crippen LogP contribution in [0.5, 0.6) is 0 Å². The van der Waals surface area contributed by atoms with Gasteiger partial charge in [-0.2, -0.15) is 5.10 Å². The monoisotopic (exact) mass is 427 g/mol. The van der Waals surface area contributed by atoms with Crippen molar-refractivity contribution in [1.82, 2.24) is 24.4 Å². The van der Waals surface area contributed by atoms with Crippen molar-refractivity contribution in [2.45, 2.75) is 58.1 Å². The lowest BCUT2D eigenvalue weighted by Gasteiger charge is -2.51. The van der Waals surface area contributed by atoms with Crippen molar-refractivity contribution >= 4 is 11.6 Å². The molecule has 8 nitrogen and oxygen atoms in total. The molecule has 0 aliphatic carbocycles. The lowest BCUT2D eigenvalue weighted by atomic mass is 9.71. The van der Waals surface area contributed by atoms with Crippen LogP contribution in [-0.4, -0.2) is 87.0 Å². The van der Waals surface area contributed by atoms with Gasteiger partial charge in [-0.25, -0.2) is 9.50 Å². The summed E-state index contributed by atoms with van der Waals surface area (Å²) in [7, 11) is 0. The topological polar surface area (TPSA) is 83.2 Å². The average molecular weight is 428 g/mol. The highest BCUT2D eigenvalue weighted by atomic mass is 16.5. The number of rotatable bonds is 2. The number of aryl methyl sites for hydroxylation is 2. The van der Waals surface area contributed by atoms with Crippen molar-refractivity contribution in [3.63, 3.8) is 0 Å². The van der Waals surface area contributed by atoms with Gasteiger partial charge in [0.25, 0.3) is 5.91 Å². The van der Waals surface area contributed by atoms with Gasteiger partial charge < -0.3 is 14.7 Å². The van der Waals surface area contributed by atoms with Crippen LogP contribution in [0, 0.1) is 19.3 Å². The summed E-state index contributed by atoms with van der Waals surface area (Å²) in [5.74, 6) is -0.0185. The Bertz CT molecular complexity index is 960. The zero-order valence-corrected chi connectivity index (χ0v) is 18.6. The predicted molar refractivity (Wildman–Crippen MR) is 116 cm³/mol. The lowest BCUT2D eigenvalue weighted by molar-refractivity contribution is -0.0695. The number of aromatic nitrogens is 3. The molecule has 1 unspecified atom stereocenters. The fraction of sp³-hybridized carbons (Fsp3) is 0.696. The van der Waals surface area contributed by atoms with Crippen molar-refractivity contribution in [3.8, 4) is 0 Å². The molecule has 1 amide bonds. The molecule has 0 radical (unpaired) electrons. The van der Waals surface area contributed by atoms with Gasteiger partial charge in [-0.15, -0.1) is 0 Å². The van der Waals surface area contributed by atoms with Gasteiger partial charge in [0.2, 0.25) is 0 Å². The fourth-order valence-corrected chi connectivity index (χ4v) is 5.82. The summed E-state index contributed by atoms with van der Waals surface area (Å²) in [5, 5.41) is 15.2. The van der Waals surface area contributed by atoms with Gasteiger partial charge in [-0.05, 0) is 57.4 Å². The number of nitrogens with zero attached hydrogens (tertiary/aromatic N) is 5. The van der Waals surface area contributed by atoms with Crippen molar-refractivity contribution in [2.75, 3.05) is 39.4 Å². The van der Waals surface area contributed by atoms with Gasteiger partial charge in [-0.3, -0.25) is 9.69 Å². The number of β-amino-alcohol motifs (C(OH)–C–C–N with tert-alkyl or cyclic N) is 1. The first kappa shape index (κ1) is 20.8. The Labute approximate surface area is 183 Å². The maximum atomic E-state index is 13.2. The average Bonchev–Trinajstić information content (AvgIpc) is 3.18. The molecule has 0 bridgehead atoms. The van der Waals surface area contributed by atoms with Crippen LogP contribution in [0.25, 0.3) is 5.65 Å². The fourth-order valence-electron chi connectivity index (χ4n) is 5.82. The second-order valence-corrected chi connectivity index (χ2v) is 9.76. The Morgan fingerprint density at radius 3 is 2.68 bits per heavy atom. The number of piperidine rings is 2. The van der Waals surface area contributed by atoms with Crippen LogP contribution in [0.2, 0.25) is 0 Å². The quantitative estimate of drug-likeness (QED) is 0.787. The van der Waals surface area contributed by atoms with E-state index in [0.29, 0.717) is 24.8 Å². The summed E-state index contributed by atoms with van der Waals surface area (Å²) >= 11 is 0. The van der Waals surface area contributed by atoms with Crippen molar-refractivity contribution in [3.05, 3.63) is 29.2 Å².